The van der Waals surface area contributed by atoms with E-state index in [1.54, 1.807) is 12.1 Å². The zero-order chi connectivity index (χ0) is 14.5. The molecule has 0 radical (unpaired) electrons. The quantitative estimate of drug-likeness (QED) is 0.903. The topological polar surface area (TPSA) is 52.3 Å². The number of amides is 1. The molecule has 3 nitrogen and oxygen atoms in total. The van der Waals surface area contributed by atoms with Gasteiger partial charge in [-0.1, -0.05) is 44.2 Å². The van der Waals surface area contributed by atoms with Crippen LogP contribution in [0.25, 0.3) is 0 Å². The third-order valence-corrected chi connectivity index (χ3v) is 3.17. The van der Waals surface area contributed by atoms with Crippen LogP contribution in [0.5, 0.6) is 5.75 Å². The molecule has 0 aliphatic carbocycles. The first-order valence-corrected chi connectivity index (χ1v) is 6.68. The van der Waals surface area contributed by atoms with Crippen molar-refractivity contribution in [2.45, 2.75) is 26.4 Å². The predicted molar refractivity (Wildman–Crippen MR) is 79.8 cm³/mol. The van der Waals surface area contributed by atoms with Crippen molar-refractivity contribution in [3.63, 3.8) is 0 Å². The minimum absolute atomic E-state index is 0.414. The molecule has 104 valence electrons. The molecule has 0 bridgehead atoms. The van der Waals surface area contributed by atoms with E-state index in [4.69, 9.17) is 10.5 Å². The van der Waals surface area contributed by atoms with Crippen LogP contribution in [-0.2, 0) is 6.61 Å². The summed E-state index contributed by atoms with van der Waals surface area (Å²) in [5.74, 6) is 0.910. The van der Waals surface area contributed by atoms with Gasteiger partial charge in [-0.15, -0.1) is 0 Å². The maximum atomic E-state index is 11.0. The molecule has 0 aliphatic heterocycles. The molecule has 1 amide bonds. The summed E-state index contributed by atoms with van der Waals surface area (Å²) in [6.07, 6.45) is 0. The first-order valence-electron chi connectivity index (χ1n) is 6.68. The summed E-state index contributed by atoms with van der Waals surface area (Å²) in [5, 5.41) is 0. The van der Waals surface area contributed by atoms with Gasteiger partial charge in [0.05, 0.1) is 0 Å². The van der Waals surface area contributed by atoms with Gasteiger partial charge in [0.15, 0.2) is 0 Å². The molecule has 2 aromatic rings. The fourth-order valence-corrected chi connectivity index (χ4v) is 2.02. The van der Waals surface area contributed by atoms with E-state index in [0.29, 0.717) is 18.1 Å². The van der Waals surface area contributed by atoms with Gasteiger partial charge < -0.3 is 10.5 Å². The Morgan fingerprint density at radius 2 is 1.75 bits per heavy atom. The molecule has 0 saturated carbocycles. The summed E-state index contributed by atoms with van der Waals surface area (Å²) < 4.78 is 5.87. The van der Waals surface area contributed by atoms with Gasteiger partial charge in [-0.25, -0.2) is 0 Å². The third-order valence-electron chi connectivity index (χ3n) is 3.17. The number of hydrogen-bond donors (Lipinski definition) is 1. The zero-order valence-corrected chi connectivity index (χ0v) is 11.8. The van der Waals surface area contributed by atoms with Crippen molar-refractivity contribution in [1.29, 1.82) is 0 Å². The molecule has 20 heavy (non-hydrogen) atoms. The van der Waals surface area contributed by atoms with Gasteiger partial charge in [-0.2, -0.15) is 0 Å². The van der Waals surface area contributed by atoms with Crippen LogP contribution >= 0.6 is 0 Å². The van der Waals surface area contributed by atoms with Crippen LogP contribution in [-0.4, -0.2) is 5.91 Å². The van der Waals surface area contributed by atoms with Crippen LogP contribution in [0, 0.1) is 0 Å². The molecule has 0 fully saturated rings. The van der Waals surface area contributed by atoms with Gasteiger partial charge >= 0.3 is 0 Å². The van der Waals surface area contributed by atoms with Gasteiger partial charge in [0.25, 0.3) is 0 Å². The van der Waals surface area contributed by atoms with Crippen molar-refractivity contribution in [2.75, 3.05) is 0 Å². The van der Waals surface area contributed by atoms with Crippen molar-refractivity contribution in [2.24, 2.45) is 5.73 Å². The van der Waals surface area contributed by atoms with Gasteiger partial charge in [-0.3, -0.25) is 4.79 Å². The molecule has 0 saturated heterocycles. The molecule has 2 rings (SSSR count). The summed E-state index contributed by atoms with van der Waals surface area (Å²) in [4.78, 5) is 11.0. The van der Waals surface area contributed by atoms with Crippen molar-refractivity contribution in [3.8, 4) is 5.75 Å². The van der Waals surface area contributed by atoms with Gasteiger partial charge in [0, 0.05) is 5.56 Å². The van der Waals surface area contributed by atoms with E-state index in [0.717, 1.165) is 11.3 Å². The SMILES string of the molecule is CC(C)c1ccccc1OCc1ccc(C(N)=O)cc1. The van der Waals surface area contributed by atoms with E-state index in [1.807, 2.05) is 30.3 Å². The fourth-order valence-electron chi connectivity index (χ4n) is 2.02. The average Bonchev–Trinajstić information content (AvgIpc) is 2.45. The zero-order valence-electron chi connectivity index (χ0n) is 11.8. The van der Waals surface area contributed by atoms with E-state index < -0.39 is 5.91 Å². The molecular formula is C17H19NO2. The summed E-state index contributed by atoms with van der Waals surface area (Å²) in [6, 6.07) is 15.2. The highest BCUT2D eigenvalue weighted by Gasteiger charge is 2.07. The summed E-state index contributed by atoms with van der Waals surface area (Å²) in [5.41, 5.74) is 7.93. The van der Waals surface area contributed by atoms with Crippen LogP contribution in [0.4, 0.5) is 0 Å². The number of ether oxygens (including phenoxy) is 1. The Kier molecular flexibility index (Phi) is 4.41. The number of carbonyl (C=O) groups is 1. The van der Waals surface area contributed by atoms with E-state index in [1.165, 1.54) is 5.56 Å². The number of benzene rings is 2. The Morgan fingerprint density at radius 3 is 2.35 bits per heavy atom. The highest BCUT2D eigenvalue weighted by Crippen LogP contribution is 2.26. The molecule has 0 spiro atoms. The van der Waals surface area contributed by atoms with Crippen LogP contribution in [0.3, 0.4) is 0 Å². The van der Waals surface area contributed by atoms with Crippen molar-refractivity contribution in [1.82, 2.24) is 0 Å². The molecule has 0 aliphatic rings. The van der Waals surface area contributed by atoms with Crippen LogP contribution < -0.4 is 10.5 Å². The second kappa shape index (κ2) is 6.24. The molecule has 0 atom stereocenters. The van der Waals surface area contributed by atoms with Gasteiger partial charge in [0.1, 0.15) is 12.4 Å². The molecule has 0 heterocycles. The Bertz CT molecular complexity index is 588. The minimum Gasteiger partial charge on any atom is -0.489 e. The maximum Gasteiger partial charge on any atom is 0.248 e. The lowest BCUT2D eigenvalue weighted by atomic mass is 10.0. The molecule has 2 N–H and O–H groups in total. The Hall–Kier alpha value is -2.29. The molecule has 3 heteroatoms. The lowest BCUT2D eigenvalue weighted by Crippen LogP contribution is -2.10. The Labute approximate surface area is 119 Å². The summed E-state index contributed by atoms with van der Waals surface area (Å²) in [6.45, 7) is 4.76. The fraction of sp³-hybridized carbons (Fsp3) is 0.235. The van der Waals surface area contributed by atoms with Crippen LogP contribution in [0.1, 0.15) is 41.3 Å². The van der Waals surface area contributed by atoms with Gasteiger partial charge in [0.2, 0.25) is 5.91 Å². The average molecular weight is 269 g/mol. The minimum atomic E-state index is -0.414. The van der Waals surface area contributed by atoms with E-state index in [9.17, 15) is 4.79 Å². The lowest BCUT2D eigenvalue weighted by molar-refractivity contribution is 0.1000. The van der Waals surface area contributed by atoms with Crippen molar-refractivity contribution in [3.05, 3.63) is 65.2 Å². The van der Waals surface area contributed by atoms with Crippen LogP contribution in [0.15, 0.2) is 48.5 Å². The predicted octanol–water partition coefficient (Wildman–Crippen LogP) is 3.49. The highest BCUT2D eigenvalue weighted by atomic mass is 16.5. The second-order valence-electron chi connectivity index (χ2n) is 5.04. The van der Waals surface area contributed by atoms with E-state index in [-0.39, 0.29) is 0 Å². The normalized spacial score (nSPS) is 10.6. The van der Waals surface area contributed by atoms with Crippen molar-refractivity contribution < 1.29 is 9.53 Å². The monoisotopic (exact) mass is 269 g/mol. The molecule has 2 aromatic carbocycles. The molecule has 0 unspecified atom stereocenters. The number of hydrogen-bond acceptors (Lipinski definition) is 2. The van der Waals surface area contributed by atoms with Crippen molar-refractivity contribution >= 4 is 5.91 Å². The first kappa shape index (κ1) is 14.1. The smallest absolute Gasteiger partial charge is 0.248 e. The number of carbonyl (C=O) groups excluding carboxylic acids is 1. The van der Waals surface area contributed by atoms with E-state index >= 15 is 0 Å². The third kappa shape index (κ3) is 3.38. The largest absolute Gasteiger partial charge is 0.489 e. The highest BCUT2D eigenvalue weighted by molar-refractivity contribution is 5.92. The Morgan fingerprint density at radius 1 is 1.10 bits per heavy atom. The molecule has 0 aromatic heterocycles. The standard InChI is InChI=1S/C17H19NO2/c1-12(2)15-5-3-4-6-16(15)20-11-13-7-9-14(10-8-13)17(18)19/h3-10,12H,11H2,1-2H3,(H2,18,19). The second-order valence-corrected chi connectivity index (χ2v) is 5.04. The number of primary amides is 1. The lowest BCUT2D eigenvalue weighted by Gasteiger charge is -2.13. The molecular weight excluding hydrogens is 250 g/mol. The van der Waals surface area contributed by atoms with Crippen LogP contribution in [0.2, 0.25) is 0 Å². The maximum absolute atomic E-state index is 11.0. The number of para-hydroxylation sites is 1. The number of nitrogens with two attached hydrogens (primary N) is 1. The van der Waals surface area contributed by atoms with E-state index in [2.05, 4.69) is 19.9 Å². The summed E-state index contributed by atoms with van der Waals surface area (Å²) >= 11 is 0. The van der Waals surface area contributed by atoms with Gasteiger partial charge in [-0.05, 0) is 35.2 Å². The number of rotatable bonds is 5. The summed E-state index contributed by atoms with van der Waals surface area (Å²) in [7, 11) is 0. The Balaban J connectivity index is 2.07. The first-order chi connectivity index (χ1) is 9.58.